The molecule has 2 nitrogen and oxygen atoms in total. The summed E-state index contributed by atoms with van der Waals surface area (Å²) in [5.74, 6) is 0.835. The molecule has 0 aliphatic carbocycles. The number of rotatable bonds is 3. The zero-order valence-electron chi connectivity index (χ0n) is 11.8. The van der Waals surface area contributed by atoms with Gasteiger partial charge in [-0.1, -0.05) is 35.9 Å². The van der Waals surface area contributed by atoms with Gasteiger partial charge in [-0.2, -0.15) is 0 Å². The number of nitrogens with one attached hydrogen (secondary N) is 1. The van der Waals surface area contributed by atoms with Gasteiger partial charge in [0.2, 0.25) is 0 Å². The number of hydrogen-bond donors (Lipinski definition) is 1. The smallest absolute Gasteiger partial charge is 0.129 e. The Labute approximate surface area is 128 Å². The lowest BCUT2D eigenvalue weighted by Gasteiger charge is -2.32. The third kappa shape index (κ3) is 2.89. The molecule has 1 heterocycles. The summed E-state index contributed by atoms with van der Waals surface area (Å²) >= 11 is 5.83. The minimum Gasteiger partial charge on any atom is -0.493 e. The number of hydrogen-bond acceptors (Lipinski definition) is 2. The maximum absolute atomic E-state index is 14.2. The van der Waals surface area contributed by atoms with Crippen molar-refractivity contribution in [2.75, 3.05) is 13.7 Å². The predicted molar refractivity (Wildman–Crippen MR) is 82.3 cm³/mol. The van der Waals surface area contributed by atoms with Crippen LogP contribution in [0.15, 0.2) is 42.5 Å². The van der Waals surface area contributed by atoms with Crippen LogP contribution < -0.4 is 10.1 Å². The molecule has 21 heavy (non-hydrogen) atoms. The molecule has 0 amide bonds. The second-order valence-corrected chi connectivity index (χ2v) is 5.75. The van der Waals surface area contributed by atoms with Gasteiger partial charge in [0.25, 0.3) is 0 Å². The Morgan fingerprint density at radius 3 is 2.86 bits per heavy atom. The van der Waals surface area contributed by atoms with Crippen molar-refractivity contribution in [3.8, 4) is 5.75 Å². The lowest BCUT2D eigenvalue weighted by Crippen LogP contribution is -2.34. The summed E-state index contributed by atoms with van der Waals surface area (Å²) in [7, 11) is 1.85. The largest absolute Gasteiger partial charge is 0.493 e. The van der Waals surface area contributed by atoms with Crippen LogP contribution in [0.25, 0.3) is 0 Å². The Morgan fingerprint density at radius 1 is 1.29 bits per heavy atom. The molecule has 1 N–H and O–H groups in total. The molecule has 0 saturated carbocycles. The number of fused-ring (bicyclic) bond motifs is 1. The zero-order chi connectivity index (χ0) is 14.8. The lowest BCUT2D eigenvalue weighted by atomic mass is 9.86. The molecule has 1 aliphatic rings. The highest BCUT2D eigenvalue weighted by Crippen LogP contribution is 2.34. The highest BCUT2D eigenvalue weighted by Gasteiger charge is 2.29. The Kier molecular flexibility index (Phi) is 4.13. The second-order valence-electron chi connectivity index (χ2n) is 5.32. The summed E-state index contributed by atoms with van der Waals surface area (Å²) in [5, 5.41) is 3.63. The van der Waals surface area contributed by atoms with Gasteiger partial charge in [0.1, 0.15) is 11.6 Å². The first-order valence-electron chi connectivity index (χ1n) is 7.02. The molecule has 0 saturated heterocycles. The van der Waals surface area contributed by atoms with E-state index in [1.807, 2.05) is 25.2 Å². The molecular weight excluding hydrogens is 289 g/mol. The maximum Gasteiger partial charge on any atom is 0.129 e. The van der Waals surface area contributed by atoms with Gasteiger partial charge in [0.05, 0.1) is 6.61 Å². The predicted octanol–water partition coefficient (Wildman–Crippen LogP) is 3.99. The van der Waals surface area contributed by atoms with Crippen molar-refractivity contribution in [2.45, 2.75) is 12.5 Å². The maximum atomic E-state index is 14.2. The highest BCUT2D eigenvalue weighted by atomic mass is 35.5. The molecule has 2 unspecified atom stereocenters. The van der Waals surface area contributed by atoms with Crippen LogP contribution in [0.1, 0.15) is 17.2 Å². The quantitative estimate of drug-likeness (QED) is 0.926. The Bertz CT molecular complexity index is 646. The van der Waals surface area contributed by atoms with E-state index in [0.717, 1.165) is 12.2 Å². The van der Waals surface area contributed by atoms with E-state index in [2.05, 4.69) is 11.4 Å². The standard InChI is InChI=1S/C17H17ClFNO/c1-20-17(14-7-6-13(18)9-15(14)19)12-8-11-4-2-3-5-16(11)21-10-12/h2-7,9,12,17,20H,8,10H2,1H3. The topological polar surface area (TPSA) is 21.3 Å². The van der Waals surface area contributed by atoms with Crippen molar-refractivity contribution in [1.29, 1.82) is 0 Å². The van der Waals surface area contributed by atoms with Crippen LogP contribution in [0.2, 0.25) is 5.02 Å². The summed E-state index contributed by atoms with van der Waals surface area (Å²) in [6, 6.07) is 12.7. The number of halogens is 2. The molecule has 0 fully saturated rings. The van der Waals surface area contributed by atoms with Crippen LogP contribution in [0.3, 0.4) is 0 Å². The molecule has 0 spiro atoms. The Hall–Kier alpha value is -1.58. The van der Waals surface area contributed by atoms with Gasteiger partial charge >= 0.3 is 0 Å². The molecule has 0 aromatic heterocycles. The van der Waals surface area contributed by atoms with Gasteiger partial charge in [0, 0.05) is 22.5 Å². The average Bonchev–Trinajstić information content (AvgIpc) is 2.50. The van der Waals surface area contributed by atoms with Gasteiger partial charge in [-0.3, -0.25) is 0 Å². The number of benzene rings is 2. The van der Waals surface area contributed by atoms with Crippen molar-refractivity contribution >= 4 is 11.6 Å². The normalized spacial score (nSPS) is 18.7. The van der Waals surface area contributed by atoms with Gasteiger partial charge in [-0.15, -0.1) is 0 Å². The Morgan fingerprint density at radius 2 is 2.10 bits per heavy atom. The summed E-state index contributed by atoms with van der Waals surface area (Å²) < 4.78 is 20.0. The molecule has 2 atom stereocenters. The van der Waals surface area contributed by atoms with E-state index in [-0.39, 0.29) is 17.8 Å². The van der Waals surface area contributed by atoms with E-state index in [9.17, 15) is 4.39 Å². The van der Waals surface area contributed by atoms with Crippen LogP contribution >= 0.6 is 11.6 Å². The molecule has 1 aliphatic heterocycles. The highest BCUT2D eigenvalue weighted by molar-refractivity contribution is 6.30. The van der Waals surface area contributed by atoms with E-state index in [4.69, 9.17) is 16.3 Å². The van der Waals surface area contributed by atoms with Gasteiger partial charge in [-0.25, -0.2) is 4.39 Å². The third-order valence-corrected chi connectivity index (χ3v) is 4.22. The molecule has 110 valence electrons. The van der Waals surface area contributed by atoms with E-state index < -0.39 is 0 Å². The fourth-order valence-corrected chi connectivity index (χ4v) is 3.12. The summed E-state index contributed by atoms with van der Waals surface area (Å²) in [5.41, 5.74) is 1.80. The molecule has 2 aromatic carbocycles. The van der Waals surface area contributed by atoms with Gasteiger partial charge < -0.3 is 10.1 Å². The van der Waals surface area contributed by atoms with Crippen LogP contribution in [-0.2, 0) is 6.42 Å². The monoisotopic (exact) mass is 305 g/mol. The zero-order valence-corrected chi connectivity index (χ0v) is 12.5. The number of ether oxygens (including phenoxy) is 1. The van der Waals surface area contributed by atoms with Crippen LogP contribution in [0.5, 0.6) is 5.75 Å². The summed E-state index contributed by atoms with van der Waals surface area (Å²) in [6.45, 7) is 0.574. The molecule has 4 heteroatoms. The number of para-hydroxylation sites is 1. The first-order valence-corrected chi connectivity index (χ1v) is 7.39. The van der Waals surface area contributed by atoms with Gasteiger partial charge in [0.15, 0.2) is 0 Å². The van der Waals surface area contributed by atoms with Crippen molar-refractivity contribution < 1.29 is 9.13 Å². The van der Waals surface area contributed by atoms with Crippen LogP contribution in [0, 0.1) is 11.7 Å². The van der Waals surface area contributed by atoms with Crippen molar-refractivity contribution in [3.05, 3.63) is 64.4 Å². The average molecular weight is 306 g/mol. The SMILES string of the molecule is CNC(c1ccc(Cl)cc1F)C1COc2ccccc2C1. The van der Waals surface area contributed by atoms with Crippen molar-refractivity contribution in [1.82, 2.24) is 5.32 Å². The fourth-order valence-electron chi connectivity index (χ4n) is 2.96. The van der Waals surface area contributed by atoms with Crippen LogP contribution in [-0.4, -0.2) is 13.7 Å². The van der Waals surface area contributed by atoms with Crippen molar-refractivity contribution in [2.24, 2.45) is 5.92 Å². The molecule has 0 radical (unpaired) electrons. The lowest BCUT2D eigenvalue weighted by molar-refractivity contribution is 0.186. The van der Waals surface area contributed by atoms with E-state index >= 15 is 0 Å². The second kappa shape index (κ2) is 6.04. The minimum absolute atomic E-state index is 0.101. The van der Waals surface area contributed by atoms with Crippen LogP contribution in [0.4, 0.5) is 4.39 Å². The molecule has 0 bridgehead atoms. The molecule has 3 rings (SSSR count). The van der Waals surface area contributed by atoms with E-state index in [1.165, 1.54) is 11.6 Å². The first-order chi connectivity index (χ1) is 10.2. The first kappa shape index (κ1) is 14.4. The molecular formula is C17H17ClFNO. The Balaban J connectivity index is 1.88. The fraction of sp³-hybridized carbons (Fsp3) is 0.294. The summed E-state index contributed by atoms with van der Waals surface area (Å²) in [4.78, 5) is 0. The molecule has 2 aromatic rings. The van der Waals surface area contributed by atoms with Gasteiger partial charge in [-0.05, 0) is 37.2 Å². The van der Waals surface area contributed by atoms with Crippen molar-refractivity contribution in [3.63, 3.8) is 0 Å². The minimum atomic E-state index is -0.277. The summed E-state index contributed by atoms with van der Waals surface area (Å²) in [6.07, 6.45) is 0.865. The third-order valence-electron chi connectivity index (χ3n) is 3.99. The van der Waals surface area contributed by atoms with E-state index in [1.54, 1.807) is 12.1 Å². The van der Waals surface area contributed by atoms with E-state index in [0.29, 0.717) is 17.2 Å².